The van der Waals surface area contributed by atoms with E-state index in [4.69, 9.17) is 23.4 Å². The minimum absolute atomic E-state index is 0.0180. The normalized spacial score (nSPS) is 33.5. The molecule has 0 unspecified atom stereocenters. The number of ether oxygens (including phenoxy) is 4. The van der Waals surface area contributed by atoms with Gasteiger partial charge in [0.15, 0.2) is 23.2 Å². The molecule has 0 bridgehead atoms. The van der Waals surface area contributed by atoms with Crippen LogP contribution in [-0.4, -0.2) is 114 Å². The van der Waals surface area contributed by atoms with Crippen molar-refractivity contribution >= 4 is 11.0 Å². The van der Waals surface area contributed by atoms with Crippen LogP contribution >= 0.6 is 0 Å². The molecule has 228 valence electrons. The number of aliphatic hydroxyl groups excluding tert-OH is 6. The first-order valence-corrected chi connectivity index (χ1v) is 12.9. The van der Waals surface area contributed by atoms with Gasteiger partial charge >= 0.3 is 0 Å². The van der Waals surface area contributed by atoms with Crippen molar-refractivity contribution in [2.75, 3.05) is 6.61 Å². The lowest BCUT2D eigenvalue weighted by molar-refractivity contribution is -0.318. The largest absolute Gasteiger partial charge is 0.508 e. The van der Waals surface area contributed by atoms with Gasteiger partial charge in [0.05, 0.1) is 12.7 Å². The van der Waals surface area contributed by atoms with E-state index in [-0.39, 0.29) is 22.5 Å². The third-order valence-electron chi connectivity index (χ3n) is 7.23. The van der Waals surface area contributed by atoms with Gasteiger partial charge in [0.1, 0.15) is 65.2 Å². The number of rotatable bonds is 6. The summed E-state index contributed by atoms with van der Waals surface area (Å²) >= 11 is 0. The topological polar surface area (TPSA) is 249 Å². The van der Waals surface area contributed by atoms with E-state index in [1.165, 1.54) is 31.2 Å². The number of aromatic hydroxyl groups is 3. The van der Waals surface area contributed by atoms with Crippen LogP contribution in [0.5, 0.6) is 23.0 Å². The lowest BCUT2D eigenvalue weighted by Gasteiger charge is -2.42. The molecule has 0 aliphatic carbocycles. The number of fused-ring (bicyclic) bond motifs is 1. The summed E-state index contributed by atoms with van der Waals surface area (Å²) in [5.41, 5.74) is -0.515. The summed E-state index contributed by atoms with van der Waals surface area (Å²) in [5, 5.41) is 91.6. The summed E-state index contributed by atoms with van der Waals surface area (Å²) in [6, 6.07) is 7.85. The lowest BCUT2D eigenvalue weighted by Crippen LogP contribution is -2.61. The van der Waals surface area contributed by atoms with Gasteiger partial charge in [0, 0.05) is 17.7 Å². The first kappa shape index (κ1) is 30.0. The average Bonchev–Trinajstić information content (AvgIpc) is 2.96. The van der Waals surface area contributed by atoms with Crippen molar-refractivity contribution in [3.05, 3.63) is 46.6 Å². The molecule has 0 amide bonds. The minimum atomic E-state index is -1.88. The average molecular weight is 595 g/mol. The summed E-state index contributed by atoms with van der Waals surface area (Å²) < 4.78 is 27.6. The maximum absolute atomic E-state index is 12.8. The number of hydrogen-bond acceptors (Lipinski definition) is 15. The van der Waals surface area contributed by atoms with Crippen molar-refractivity contribution < 1.29 is 69.3 Å². The first-order valence-electron chi connectivity index (χ1n) is 12.9. The Morgan fingerprint density at radius 3 is 2.10 bits per heavy atom. The molecule has 2 saturated heterocycles. The van der Waals surface area contributed by atoms with Crippen LogP contribution in [0.2, 0.25) is 0 Å². The van der Waals surface area contributed by atoms with E-state index in [1.807, 2.05) is 0 Å². The van der Waals surface area contributed by atoms with Crippen molar-refractivity contribution in [3.63, 3.8) is 0 Å². The highest BCUT2D eigenvalue weighted by molar-refractivity contribution is 5.89. The van der Waals surface area contributed by atoms with Crippen LogP contribution in [-0.2, 0) is 14.2 Å². The second-order valence-corrected chi connectivity index (χ2v) is 10.1. The van der Waals surface area contributed by atoms with E-state index in [0.717, 1.165) is 12.1 Å². The molecule has 0 radical (unpaired) electrons. The van der Waals surface area contributed by atoms with Crippen molar-refractivity contribution in [2.24, 2.45) is 0 Å². The zero-order chi connectivity index (χ0) is 30.5. The van der Waals surface area contributed by atoms with Crippen molar-refractivity contribution in [2.45, 2.75) is 68.3 Å². The highest BCUT2D eigenvalue weighted by Crippen LogP contribution is 2.42. The Hall–Kier alpha value is -3.51. The molecule has 1 aromatic heterocycles. The van der Waals surface area contributed by atoms with Crippen LogP contribution in [0.15, 0.2) is 45.6 Å². The predicted molar refractivity (Wildman–Crippen MR) is 139 cm³/mol. The first-order chi connectivity index (χ1) is 19.9. The van der Waals surface area contributed by atoms with Crippen LogP contribution in [0.25, 0.3) is 22.3 Å². The fourth-order valence-electron chi connectivity index (χ4n) is 4.74. The SMILES string of the molecule is C[C@@H]1O[C@@H](OC[C@@H]2O[C@H](Oc3cc4oc(-c5ccc(O)cc5)cc(=O)c4c(O)c3O)[C@@H](O)[C@@H](O)[C@H]2O)[C@H](O)[C@@H](O)[C@H]1O. The fraction of sp³-hybridized carbons (Fsp3) is 0.444. The highest BCUT2D eigenvalue weighted by atomic mass is 16.7. The van der Waals surface area contributed by atoms with Gasteiger partial charge in [-0.3, -0.25) is 4.79 Å². The third kappa shape index (κ3) is 5.49. The smallest absolute Gasteiger partial charge is 0.229 e. The van der Waals surface area contributed by atoms with Crippen molar-refractivity contribution in [1.29, 1.82) is 0 Å². The predicted octanol–water partition coefficient (Wildman–Crippen LogP) is -1.39. The molecule has 5 rings (SSSR count). The molecule has 2 aromatic carbocycles. The lowest BCUT2D eigenvalue weighted by atomic mass is 9.98. The van der Waals surface area contributed by atoms with Gasteiger partial charge in [0.25, 0.3) is 0 Å². The molecule has 2 aliphatic heterocycles. The molecule has 42 heavy (non-hydrogen) atoms. The third-order valence-corrected chi connectivity index (χ3v) is 7.23. The fourth-order valence-corrected chi connectivity index (χ4v) is 4.74. The van der Waals surface area contributed by atoms with Crippen LogP contribution in [0.1, 0.15) is 6.92 Å². The standard InChI is InChI=1S/C27H30O15/c1-9-18(30)22(34)24(36)26(39-9)38-8-16-20(32)23(35)25(37)27(42-16)41-15-7-14-17(21(33)19(15)31)12(29)6-13(40-14)10-2-4-11(28)5-3-10/h2-7,9,16,18,20,22-28,30-37H,8H2,1H3/t9-,16-,18-,20-,22-,23-,24+,25-,26+,27-/m0/s1. The quantitative estimate of drug-likeness (QED) is 0.149. The van der Waals surface area contributed by atoms with Crippen LogP contribution in [0, 0.1) is 0 Å². The molecule has 10 atom stereocenters. The molecule has 0 spiro atoms. The molecule has 2 fully saturated rings. The molecule has 2 aliphatic rings. The van der Waals surface area contributed by atoms with Crippen molar-refractivity contribution in [3.8, 4) is 34.3 Å². The van der Waals surface area contributed by atoms with E-state index in [0.29, 0.717) is 5.56 Å². The summed E-state index contributed by atoms with van der Waals surface area (Å²) in [5.74, 6) is -2.27. The van der Waals surface area contributed by atoms with Gasteiger partial charge in [0.2, 0.25) is 12.0 Å². The maximum Gasteiger partial charge on any atom is 0.229 e. The van der Waals surface area contributed by atoms with Gasteiger partial charge in [-0.25, -0.2) is 0 Å². The summed E-state index contributed by atoms with van der Waals surface area (Å²) in [4.78, 5) is 12.8. The zero-order valence-corrected chi connectivity index (χ0v) is 21.9. The molecular formula is C27H30O15. The zero-order valence-electron chi connectivity index (χ0n) is 21.9. The molecule has 9 N–H and O–H groups in total. The Balaban J connectivity index is 1.38. The molecule has 15 nitrogen and oxygen atoms in total. The van der Waals surface area contributed by atoms with Gasteiger partial charge in [-0.1, -0.05) is 0 Å². The summed E-state index contributed by atoms with van der Waals surface area (Å²) in [6.07, 6.45) is -15.6. The number of phenols is 3. The summed E-state index contributed by atoms with van der Waals surface area (Å²) in [6.45, 7) is 0.884. The van der Waals surface area contributed by atoms with E-state index >= 15 is 0 Å². The van der Waals surface area contributed by atoms with Gasteiger partial charge < -0.3 is 69.3 Å². The van der Waals surface area contributed by atoms with Gasteiger partial charge in [-0.05, 0) is 31.2 Å². The Morgan fingerprint density at radius 2 is 1.40 bits per heavy atom. The van der Waals surface area contributed by atoms with Crippen LogP contribution < -0.4 is 10.2 Å². The van der Waals surface area contributed by atoms with E-state index in [1.54, 1.807) is 0 Å². The summed E-state index contributed by atoms with van der Waals surface area (Å²) in [7, 11) is 0. The maximum atomic E-state index is 12.8. The second kappa shape index (κ2) is 11.6. The second-order valence-electron chi connectivity index (χ2n) is 10.1. The van der Waals surface area contributed by atoms with Crippen LogP contribution in [0.3, 0.4) is 0 Å². The molecule has 0 saturated carbocycles. The van der Waals surface area contributed by atoms with Gasteiger partial charge in [-0.2, -0.15) is 0 Å². The Kier molecular flexibility index (Phi) is 8.30. The molecule has 15 heteroatoms. The molecule has 3 heterocycles. The highest BCUT2D eigenvalue weighted by Gasteiger charge is 2.47. The van der Waals surface area contributed by atoms with Gasteiger partial charge in [-0.15, -0.1) is 0 Å². The number of phenolic OH excluding ortho intramolecular Hbond substituents is 3. The van der Waals surface area contributed by atoms with Crippen molar-refractivity contribution in [1.82, 2.24) is 0 Å². The number of benzene rings is 2. The van der Waals surface area contributed by atoms with E-state index in [2.05, 4.69) is 0 Å². The van der Waals surface area contributed by atoms with Crippen LogP contribution in [0.4, 0.5) is 0 Å². The number of aliphatic hydroxyl groups is 6. The Morgan fingerprint density at radius 1 is 0.762 bits per heavy atom. The molecule has 3 aromatic rings. The Bertz CT molecular complexity index is 1470. The van der Waals surface area contributed by atoms with E-state index < -0.39 is 90.7 Å². The Labute approximate surface area is 236 Å². The van der Waals surface area contributed by atoms with E-state index in [9.17, 15) is 50.8 Å². The monoisotopic (exact) mass is 594 g/mol. The molecular weight excluding hydrogens is 564 g/mol. The minimum Gasteiger partial charge on any atom is -0.508 e. The number of hydrogen-bond donors (Lipinski definition) is 9.